The zero-order chi connectivity index (χ0) is 21.9. The van der Waals surface area contributed by atoms with E-state index in [1.54, 1.807) is 0 Å². The second-order valence-electron chi connectivity index (χ2n) is 9.67. The Balaban J connectivity index is 1.28. The summed E-state index contributed by atoms with van der Waals surface area (Å²) in [6.07, 6.45) is 8.26. The van der Waals surface area contributed by atoms with E-state index < -0.39 is 0 Å². The Kier molecular flexibility index (Phi) is 4.89. The summed E-state index contributed by atoms with van der Waals surface area (Å²) < 4.78 is 5.88. The van der Waals surface area contributed by atoms with Crippen LogP contribution in [0.4, 0.5) is 5.69 Å². The van der Waals surface area contributed by atoms with Crippen molar-refractivity contribution in [1.29, 1.82) is 0 Å². The van der Waals surface area contributed by atoms with E-state index in [9.17, 15) is 0 Å². The number of rotatable bonds is 4. The molecule has 6 rings (SSSR count). The first-order valence-electron chi connectivity index (χ1n) is 11.5. The van der Waals surface area contributed by atoms with Gasteiger partial charge in [0.25, 0.3) is 0 Å². The lowest BCUT2D eigenvalue weighted by atomic mass is 9.63. The SMILES string of the molecule is Cc1ccc(N2CCC3(C=C(c4c(-c5c(Cl)cccc5Cl)noc4C4CC4)C3)CC2)cc1. The third-order valence-electron chi connectivity index (χ3n) is 7.37. The Hall–Kier alpha value is -2.23. The number of allylic oxidation sites excluding steroid dienone is 2. The van der Waals surface area contributed by atoms with Gasteiger partial charge in [0.05, 0.1) is 10.0 Å². The van der Waals surface area contributed by atoms with Crippen molar-refractivity contribution in [3.8, 4) is 11.3 Å². The average molecular weight is 465 g/mol. The number of halogens is 2. The summed E-state index contributed by atoms with van der Waals surface area (Å²) in [6.45, 7) is 4.32. The summed E-state index contributed by atoms with van der Waals surface area (Å²) in [4.78, 5) is 2.51. The number of hydrogen-bond acceptors (Lipinski definition) is 3. The van der Waals surface area contributed by atoms with Gasteiger partial charge in [-0.2, -0.15) is 0 Å². The number of aromatic nitrogens is 1. The van der Waals surface area contributed by atoms with Gasteiger partial charge in [-0.05, 0) is 74.3 Å². The van der Waals surface area contributed by atoms with Crippen LogP contribution >= 0.6 is 23.2 Å². The highest BCUT2D eigenvalue weighted by Crippen LogP contribution is 2.56. The summed E-state index contributed by atoms with van der Waals surface area (Å²) >= 11 is 13.1. The number of anilines is 1. The van der Waals surface area contributed by atoms with Gasteiger partial charge in [0.2, 0.25) is 0 Å². The number of aryl methyl sites for hydroxylation is 1. The van der Waals surface area contributed by atoms with Crippen LogP contribution in [0.25, 0.3) is 16.8 Å². The highest BCUT2D eigenvalue weighted by Gasteiger charge is 2.44. The fraction of sp³-hybridized carbons (Fsp3) is 0.370. The first-order chi connectivity index (χ1) is 15.5. The smallest absolute Gasteiger partial charge is 0.147 e. The highest BCUT2D eigenvalue weighted by atomic mass is 35.5. The van der Waals surface area contributed by atoms with E-state index in [0.717, 1.165) is 42.1 Å². The zero-order valence-electron chi connectivity index (χ0n) is 18.2. The number of piperidine rings is 1. The summed E-state index contributed by atoms with van der Waals surface area (Å²) in [5, 5.41) is 5.71. The van der Waals surface area contributed by atoms with Crippen molar-refractivity contribution in [2.75, 3.05) is 18.0 Å². The van der Waals surface area contributed by atoms with Crippen molar-refractivity contribution in [2.24, 2.45) is 5.41 Å². The lowest BCUT2D eigenvalue weighted by Gasteiger charge is -2.47. The minimum atomic E-state index is 0.288. The van der Waals surface area contributed by atoms with E-state index in [1.165, 1.54) is 42.5 Å². The Bertz CT molecular complexity index is 1180. The van der Waals surface area contributed by atoms with Gasteiger partial charge >= 0.3 is 0 Å². The number of benzene rings is 2. The molecule has 0 bridgehead atoms. The van der Waals surface area contributed by atoms with Crippen LogP contribution in [0.15, 0.2) is 53.1 Å². The molecule has 0 radical (unpaired) electrons. The van der Waals surface area contributed by atoms with Crippen LogP contribution in [-0.2, 0) is 0 Å². The Morgan fingerprint density at radius 1 is 0.969 bits per heavy atom. The molecule has 2 aliphatic carbocycles. The van der Waals surface area contributed by atoms with Crippen molar-refractivity contribution in [2.45, 2.75) is 44.9 Å². The summed E-state index contributed by atoms with van der Waals surface area (Å²) in [5.74, 6) is 1.50. The Morgan fingerprint density at radius 3 is 2.25 bits per heavy atom. The van der Waals surface area contributed by atoms with Crippen LogP contribution in [-0.4, -0.2) is 18.2 Å². The molecule has 2 fully saturated rings. The molecule has 0 unspecified atom stereocenters. The summed E-state index contributed by atoms with van der Waals surface area (Å²) in [5.41, 5.74) is 7.02. The molecule has 2 heterocycles. The van der Waals surface area contributed by atoms with Crippen LogP contribution in [0.1, 0.15) is 54.9 Å². The normalized spacial score (nSPS) is 19.7. The fourth-order valence-corrected chi connectivity index (χ4v) is 5.88. The molecule has 0 amide bonds. The fourth-order valence-electron chi connectivity index (χ4n) is 5.30. The molecule has 1 spiro atoms. The molecule has 1 aliphatic heterocycles. The van der Waals surface area contributed by atoms with E-state index in [2.05, 4.69) is 47.3 Å². The molecule has 3 nitrogen and oxygen atoms in total. The van der Waals surface area contributed by atoms with Crippen molar-refractivity contribution in [1.82, 2.24) is 5.16 Å². The quantitative estimate of drug-likeness (QED) is 0.392. The molecule has 1 aromatic heterocycles. The minimum absolute atomic E-state index is 0.288. The van der Waals surface area contributed by atoms with Gasteiger partial charge in [0.1, 0.15) is 11.5 Å². The van der Waals surface area contributed by atoms with Gasteiger partial charge in [0.15, 0.2) is 0 Å². The van der Waals surface area contributed by atoms with Crippen molar-refractivity contribution >= 4 is 34.5 Å². The van der Waals surface area contributed by atoms with E-state index in [4.69, 9.17) is 27.7 Å². The molecule has 0 N–H and O–H groups in total. The average Bonchev–Trinajstić information content (AvgIpc) is 3.53. The molecule has 3 aliphatic rings. The molecule has 0 atom stereocenters. The highest BCUT2D eigenvalue weighted by molar-refractivity contribution is 6.39. The maximum atomic E-state index is 6.54. The second-order valence-corrected chi connectivity index (χ2v) is 10.5. The monoisotopic (exact) mass is 464 g/mol. The predicted octanol–water partition coefficient (Wildman–Crippen LogP) is 7.91. The third kappa shape index (κ3) is 3.47. The van der Waals surface area contributed by atoms with Crippen molar-refractivity contribution in [3.63, 3.8) is 0 Å². The maximum Gasteiger partial charge on any atom is 0.147 e. The van der Waals surface area contributed by atoms with E-state index in [0.29, 0.717) is 16.0 Å². The number of nitrogens with zero attached hydrogens (tertiary/aromatic N) is 2. The summed E-state index contributed by atoms with van der Waals surface area (Å²) in [7, 11) is 0. The zero-order valence-corrected chi connectivity index (χ0v) is 19.7. The molecule has 2 aromatic carbocycles. The van der Waals surface area contributed by atoms with Crippen molar-refractivity contribution < 1.29 is 4.52 Å². The van der Waals surface area contributed by atoms with Crippen LogP contribution in [0, 0.1) is 12.3 Å². The van der Waals surface area contributed by atoms with Gasteiger partial charge in [-0.3, -0.25) is 0 Å². The molecular weight excluding hydrogens is 439 g/mol. The topological polar surface area (TPSA) is 29.3 Å². The largest absolute Gasteiger partial charge is 0.371 e. The third-order valence-corrected chi connectivity index (χ3v) is 8.00. The standard InChI is InChI=1S/C27H26Cl2N2O/c1-17-5-9-20(10-6-17)31-13-11-27(12-14-31)15-19(16-27)23-25(30-32-26(23)18-7-8-18)24-21(28)3-2-4-22(24)29/h2-6,9-10,15,18H,7-8,11-14,16H2,1H3. The van der Waals surface area contributed by atoms with Crippen LogP contribution in [0.5, 0.6) is 0 Å². The second kappa shape index (κ2) is 7.67. The Morgan fingerprint density at radius 2 is 1.62 bits per heavy atom. The first kappa shape index (κ1) is 20.4. The van der Waals surface area contributed by atoms with E-state index >= 15 is 0 Å². The first-order valence-corrected chi connectivity index (χ1v) is 12.3. The van der Waals surface area contributed by atoms with Crippen molar-refractivity contribution in [3.05, 3.63) is 75.5 Å². The molecule has 164 valence electrons. The molecule has 32 heavy (non-hydrogen) atoms. The van der Waals surface area contributed by atoms with E-state index in [-0.39, 0.29) is 5.41 Å². The van der Waals surface area contributed by atoms with Gasteiger partial charge in [-0.25, -0.2) is 0 Å². The molecule has 5 heteroatoms. The van der Waals surface area contributed by atoms with Gasteiger partial charge in [0, 0.05) is 35.8 Å². The lowest BCUT2D eigenvalue weighted by Crippen LogP contribution is -2.42. The summed E-state index contributed by atoms with van der Waals surface area (Å²) in [6, 6.07) is 14.5. The minimum Gasteiger partial charge on any atom is -0.371 e. The van der Waals surface area contributed by atoms with Crippen LogP contribution in [0.3, 0.4) is 0 Å². The van der Waals surface area contributed by atoms with Crippen LogP contribution in [0.2, 0.25) is 10.0 Å². The van der Waals surface area contributed by atoms with Gasteiger partial charge in [-0.15, -0.1) is 0 Å². The van der Waals surface area contributed by atoms with Crippen LogP contribution < -0.4 is 4.90 Å². The lowest BCUT2D eigenvalue weighted by molar-refractivity contribution is 0.277. The number of hydrogen-bond donors (Lipinski definition) is 0. The molecule has 3 aromatic rings. The molecule has 1 saturated carbocycles. The maximum absolute atomic E-state index is 6.54. The predicted molar refractivity (Wildman–Crippen MR) is 132 cm³/mol. The van der Waals surface area contributed by atoms with Gasteiger partial charge < -0.3 is 9.42 Å². The van der Waals surface area contributed by atoms with E-state index in [1.807, 2.05) is 18.2 Å². The van der Waals surface area contributed by atoms with Gasteiger partial charge in [-0.1, -0.05) is 58.2 Å². The molecule has 1 saturated heterocycles. The molecular formula is C27H26Cl2N2O. The Labute approximate surface area is 199 Å².